The number of nitrogens with zero attached hydrogens (tertiary/aromatic N) is 1. The molecule has 1 aromatic rings. The van der Waals surface area contributed by atoms with Crippen LogP contribution in [0.2, 0.25) is 0 Å². The summed E-state index contributed by atoms with van der Waals surface area (Å²) >= 11 is 0. The Balaban J connectivity index is 1.87. The van der Waals surface area contributed by atoms with E-state index in [-0.39, 0.29) is 18.0 Å². The van der Waals surface area contributed by atoms with Crippen LogP contribution in [0.4, 0.5) is 0 Å². The molecule has 3 nitrogen and oxygen atoms in total. The molecule has 3 saturated heterocycles. The molecular formula is C15H20N2O. The summed E-state index contributed by atoms with van der Waals surface area (Å²) in [4.78, 5) is 14.4. The Hall–Kier alpha value is -1.35. The van der Waals surface area contributed by atoms with Crippen LogP contribution in [-0.4, -0.2) is 23.9 Å². The van der Waals surface area contributed by atoms with Gasteiger partial charge in [-0.2, -0.15) is 0 Å². The molecule has 0 unspecified atom stereocenters. The molecule has 0 radical (unpaired) electrons. The van der Waals surface area contributed by atoms with Crippen molar-refractivity contribution in [3.8, 4) is 0 Å². The first-order chi connectivity index (χ1) is 8.78. The Bertz CT molecular complexity index is 432. The average molecular weight is 244 g/mol. The van der Waals surface area contributed by atoms with Gasteiger partial charge in [0.05, 0.1) is 0 Å². The third-order valence-electron chi connectivity index (χ3n) is 4.25. The average Bonchev–Trinajstić information content (AvgIpc) is 2.69. The predicted molar refractivity (Wildman–Crippen MR) is 71.0 cm³/mol. The second-order valence-corrected chi connectivity index (χ2v) is 5.32. The zero-order valence-corrected chi connectivity index (χ0v) is 10.9. The van der Waals surface area contributed by atoms with Crippen molar-refractivity contribution < 1.29 is 4.79 Å². The van der Waals surface area contributed by atoms with Crippen LogP contribution in [0.25, 0.3) is 0 Å². The van der Waals surface area contributed by atoms with Gasteiger partial charge in [-0.15, -0.1) is 0 Å². The molecule has 4 rings (SSSR count). The number of fused-ring (bicyclic) bond motifs is 4. The van der Waals surface area contributed by atoms with E-state index in [2.05, 4.69) is 41.4 Å². The van der Waals surface area contributed by atoms with Gasteiger partial charge in [-0.05, 0) is 30.4 Å². The van der Waals surface area contributed by atoms with Crippen molar-refractivity contribution in [2.45, 2.75) is 32.4 Å². The first-order valence-corrected chi connectivity index (χ1v) is 6.91. The Morgan fingerprint density at radius 3 is 2.50 bits per heavy atom. The highest BCUT2D eigenvalue weighted by molar-refractivity contribution is 5.79. The number of aryl methyl sites for hydroxylation is 1. The summed E-state index contributed by atoms with van der Waals surface area (Å²) in [7, 11) is 0. The van der Waals surface area contributed by atoms with Crippen LogP contribution in [0.1, 0.15) is 37.1 Å². The first-order valence-electron chi connectivity index (χ1n) is 6.91. The Morgan fingerprint density at radius 2 is 1.89 bits per heavy atom. The topological polar surface area (TPSA) is 32.3 Å². The second kappa shape index (κ2) is 4.73. The number of piperidine rings is 1. The minimum atomic E-state index is 0.0795. The summed E-state index contributed by atoms with van der Waals surface area (Å²) in [6, 6.07) is 8.64. The van der Waals surface area contributed by atoms with E-state index in [1.807, 2.05) is 0 Å². The number of rotatable bonds is 2. The molecule has 3 aliphatic rings. The number of benzene rings is 1. The minimum Gasteiger partial charge on any atom is -0.336 e. The minimum absolute atomic E-state index is 0.0795. The van der Waals surface area contributed by atoms with Crippen molar-refractivity contribution in [3.05, 3.63) is 35.4 Å². The highest BCUT2D eigenvalue weighted by Crippen LogP contribution is 2.30. The van der Waals surface area contributed by atoms with Gasteiger partial charge in [-0.3, -0.25) is 9.69 Å². The second-order valence-electron chi connectivity index (χ2n) is 5.32. The van der Waals surface area contributed by atoms with Crippen molar-refractivity contribution in [2.75, 3.05) is 13.1 Å². The molecule has 0 aromatic heterocycles. The van der Waals surface area contributed by atoms with Gasteiger partial charge in [0.1, 0.15) is 6.17 Å². The Morgan fingerprint density at radius 1 is 1.22 bits per heavy atom. The maximum atomic E-state index is 12.0. The van der Waals surface area contributed by atoms with E-state index in [1.54, 1.807) is 0 Å². The fourth-order valence-corrected chi connectivity index (χ4v) is 2.99. The fraction of sp³-hybridized carbons (Fsp3) is 0.533. The smallest absolute Gasteiger partial charge is 0.224 e. The Kier molecular flexibility index (Phi) is 3.08. The van der Waals surface area contributed by atoms with Crippen molar-refractivity contribution in [3.63, 3.8) is 0 Å². The molecule has 96 valence electrons. The summed E-state index contributed by atoms with van der Waals surface area (Å²) in [5.74, 6) is 0.473. The first kappa shape index (κ1) is 11.7. The summed E-state index contributed by atoms with van der Waals surface area (Å²) in [5, 5.41) is 3.18. The van der Waals surface area contributed by atoms with Crippen molar-refractivity contribution in [1.82, 2.24) is 10.2 Å². The normalized spacial score (nSPS) is 30.9. The maximum Gasteiger partial charge on any atom is 0.224 e. The number of carbonyl (C=O) groups excluding carboxylic acids is 1. The molecule has 18 heavy (non-hydrogen) atoms. The molecule has 0 saturated carbocycles. The van der Waals surface area contributed by atoms with E-state index in [1.165, 1.54) is 11.1 Å². The lowest BCUT2D eigenvalue weighted by Crippen LogP contribution is -2.37. The van der Waals surface area contributed by atoms with E-state index < -0.39 is 0 Å². The molecule has 2 bridgehead atoms. The highest BCUT2D eigenvalue weighted by atomic mass is 16.2. The van der Waals surface area contributed by atoms with Gasteiger partial charge in [0, 0.05) is 19.0 Å². The van der Waals surface area contributed by atoms with Crippen molar-refractivity contribution >= 4 is 5.91 Å². The van der Waals surface area contributed by atoms with E-state index in [4.69, 9.17) is 0 Å². The van der Waals surface area contributed by atoms with Gasteiger partial charge in [0.25, 0.3) is 0 Å². The molecule has 3 heteroatoms. The van der Waals surface area contributed by atoms with Crippen LogP contribution < -0.4 is 5.32 Å². The van der Waals surface area contributed by atoms with Crippen LogP contribution in [0.3, 0.4) is 0 Å². The van der Waals surface area contributed by atoms with E-state index in [0.717, 1.165) is 32.4 Å². The van der Waals surface area contributed by atoms with Gasteiger partial charge >= 0.3 is 0 Å². The molecule has 1 amide bonds. The summed E-state index contributed by atoms with van der Waals surface area (Å²) in [6.45, 7) is 4.22. The molecule has 1 aromatic carbocycles. The summed E-state index contributed by atoms with van der Waals surface area (Å²) in [6.07, 6.45) is 3.16. The molecule has 1 N–H and O–H groups in total. The van der Waals surface area contributed by atoms with Crippen LogP contribution in [0, 0.1) is 5.92 Å². The Labute approximate surface area is 108 Å². The lowest BCUT2D eigenvalue weighted by molar-refractivity contribution is -0.125. The number of amides is 1. The van der Waals surface area contributed by atoms with E-state index in [0.29, 0.717) is 0 Å². The van der Waals surface area contributed by atoms with Crippen LogP contribution in [-0.2, 0) is 11.2 Å². The number of hydrogen-bond acceptors (Lipinski definition) is 2. The van der Waals surface area contributed by atoms with Crippen LogP contribution >= 0.6 is 0 Å². The summed E-state index contributed by atoms with van der Waals surface area (Å²) in [5.41, 5.74) is 2.56. The molecule has 0 spiro atoms. The summed E-state index contributed by atoms with van der Waals surface area (Å²) < 4.78 is 0. The van der Waals surface area contributed by atoms with Gasteiger partial charge in [0.15, 0.2) is 0 Å². The van der Waals surface area contributed by atoms with Gasteiger partial charge < -0.3 is 5.32 Å². The van der Waals surface area contributed by atoms with Crippen molar-refractivity contribution in [1.29, 1.82) is 0 Å². The zero-order chi connectivity index (χ0) is 12.5. The van der Waals surface area contributed by atoms with Gasteiger partial charge in [-0.25, -0.2) is 0 Å². The quantitative estimate of drug-likeness (QED) is 0.864. The predicted octanol–water partition coefficient (Wildman–Crippen LogP) is 2.09. The molecule has 3 heterocycles. The third kappa shape index (κ3) is 2.03. The fourth-order valence-electron chi connectivity index (χ4n) is 2.99. The van der Waals surface area contributed by atoms with Crippen LogP contribution in [0.5, 0.6) is 0 Å². The lowest BCUT2D eigenvalue weighted by Gasteiger charge is -2.31. The lowest BCUT2D eigenvalue weighted by atomic mass is 9.97. The molecule has 3 fully saturated rings. The third-order valence-corrected chi connectivity index (χ3v) is 4.25. The SMILES string of the molecule is CCc1ccc([C@@H]2NC(=O)C3CCN2CC3)cc1. The maximum absolute atomic E-state index is 12.0. The number of hydrogen-bond donors (Lipinski definition) is 1. The van der Waals surface area contributed by atoms with Gasteiger partial charge in [0.2, 0.25) is 5.91 Å². The van der Waals surface area contributed by atoms with Crippen molar-refractivity contribution in [2.24, 2.45) is 5.92 Å². The molecule has 0 aliphatic carbocycles. The van der Waals surface area contributed by atoms with Gasteiger partial charge in [-0.1, -0.05) is 31.2 Å². The molecular weight excluding hydrogens is 224 g/mol. The standard InChI is InChI=1S/C15H20N2O/c1-2-11-3-5-12(6-4-11)14-16-15(18)13-7-9-17(14)10-8-13/h3-6,13-14H,2,7-10H2,1H3,(H,16,18)/t14-/m1/s1. The zero-order valence-electron chi connectivity index (χ0n) is 10.9. The monoisotopic (exact) mass is 244 g/mol. The van der Waals surface area contributed by atoms with E-state index >= 15 is 0 Å². The van der Waals surface area contributed by atoms with Crippen LogP contribution in [0.15, 0.2) is 24.3 Å². The largest absolute Gasteiger partial charge is 0.336 e. The highest BCUT2D eigenvalue weighted by Gasteiger charge is 2.35. The van der Waals surface area contributed by atoms with E-state index in [9.17, 15) is 4.79 Å². The molecule has 1 atom stereocenters. The number of carbonyl (C=O) groups is 1. The molecule has 3 aliphatic heterocycles. The number of nitrogens with one attached hydrogen (secondary N) is 1.